The van der Waals surface area contributed by atoms with Crippen molar-refractivity contribution in [2.75, 3.05) is 30.8 Å². The second-order valence-corrected chi connectivity index (χ2v) is 9.33. The van der Waals surface area contributed by atoms with Crippen molar-refractivity contribution in [3.63, 3.8) is 0 Å². The van der Waals surface area contributed by atoms with Gasteiger partial charge in [-0.1, -0.05) is 17.7 Å². The molecule has 0 atom stereocenters. The summed E-state index contributed by atoms with van der Waals surface area (Å²) in [7, 11) is 1.56. The van der Waals surface area contributed by atoms with Crippen LogP contribution in [0.15, 0.2) is 36.5 Å². The number of hydrogen-bond donors (Lipinski definition) is 3. The van der Waals surface area contributed by atoms with Crippen LogP contribution in [0.2, 0.25) is 5.02 Å². The number of nitrogens with one attached hydrogen (secondary N) is 1. The number of piperidine rings is 1. The smallest absolute Gasteiger partial charge is 0.148 e. The third kappa shape index (κ3) is 4.25. The number of pyridine rings is 1. The summed E-state index contributed by atoms with van der Waals surface area (Å²) in [5, 5.41) is 10.1. The summed E-state index contributed by atoms with van der Waals surface area (Å²) >= 11 is 6.43. The topological polar surface area (TPSA) is 130 Å². The molecule has 0 radical (unpaired) electrons. The van der Waals surface area contributed by atoms with Gasteiger partial charge in [-0.25, -0.2) is 9.97 Å². The molecule has 0 saturated carbocycles. The maximum absolute atomic E-state index is 9.43. The molecule has 2 aromatic carbocycles. The van der Waals surface area contributed by atoms with E-state index in [9.17, 15) is 5.26 Å². The third-order valence-corrected chi connectivity index (χ3v) is 6.65. The number of hydrogen-bond acceptors (Lipinski definition) is 7. The van der Waals surface area contributed by atoms with Crippen molar-refractivity contribution < 1.29 is 4.74 Å². The molecule has 8 nitrogen and oxygen atoms in total. The fourth-order valence-electron chi connectivity index (χ4n) is 4.73. The van der Waals surface area contributed by atoms with Crippen LogP contribution in [0.3, 0.4) is 0 Å². The Morgan fingerprint density at radius 2 is 1.97 bits per heavy atom. The number of ether oxygens (including phenoxy) is 1. The van der Waals surface area contributed by atoms with Gasteiger partial charge >= 0.3 is 0 Å². The lowest BCUT2D eigenvalue weighted by molar-refractivity contribution is 0.419. The highest BCUT2D eigenvalue weighted by Crippen LogP contribution is 2.43. The zero-order chi connectivity index (χ0) is 24.7. The number of fused-ring (bicyclic) bond motifs is 1. The molecule has 178 valence electrons. The first kappa shape index (κ1) is 23.0. The van der Waals surface area contributed by atoms with E-state index in [0.717, 1.165) is 48.3 Å². The largest absolute Gasteiger partial charge is 0.494 e. The predicted molar refractivity (Wildman–Crippen MR) is 140 cm³/mol. The fourth-order valence-corrected chi connectivity index (χ4v) is 5.02. The lowest BCUT2D eigenvalue weighted by Gasteiger charge is -2.34. The summed E-state index contributed by atoms with van der Waals surface area (Å²) in [5.41, 5.74) is 19.1. The zero-order valence-electron chi connectivity index (χ0n) is 19.6. The SMILES string of the molecule is COc1cc(C#N)cc2[nH]c(-c3c(N)ncc(-c4cc(C)cc(Cl)c4)c3N3CCC(N)CC3)nc12. The van der Waals surface area contributed by atoms with Crippen molar-refractivity contribution in [2.24, 2.45) is 5.73 Å². The fraction of sp³-hybridized carbons (Fsp3) is 0.269. The van der Waals surface area contributed by atoms with Crippen LogP contribution in [0.4, 0.5) is 11.5 Å². The number of halogens is 1. The number of methoxy groups -OCH3 is 1. The highest BCUT2D eigenvalue weighted by molar-refractivity contribution is 6.31. The van der Waals surface area contributed by atoms with Crippen LogP contribution < -0.4 is 21.1 Å². The van der Waals surface area contributed by atoms with Crippen LogP contribution in [0.25, 0.3) is 33.5 Å². The van der Waals surface area contributed by atoms with Crippen LogP contribution in [-0.4, -0.2) is 41.2 Å². The van der Waals surface area contributed by atoms with Crippen molar-refractivity contribution in [3.8, 4) is 34.3 Å². The van der Waals surface area contributed by atoms with Crippen molar-refractivity contribution in [2.45, 2.75) is 25.8 Å². The lowest BCUT2D eigenvalue weighted by atomic mass is 9.97. The molecule has 5 rings (SSSR count). The van der Waals surface area contributed by atoms with Gasteiger partial charge in [0.05, 0.1) is 35.5 Å². The highest BCUT2D eigenvalue weighted by Gasteiger charge is 2.27. The number of benzene rings is 2. The second kappa shape index (κ2) is 9.10. The van der Waals surface area contributed by atoms with Crippen LogP contribution in [0.1, 0.15) is 24.0 Å². The Labute approximate surface area is 208 Å². The van der Waals surface area contributed by atoms with E-state index < -0.39 is 0 Å². The molecule has 4 aromatic rings. The first-order chi connectivity index (χ1) is 16.9. The van der Waals surface area contributed by atoms with Gasteiger partial charge in [0.1, 0.15) is 22.9 Å². The Morgan fingerprint density at radius 1 is 1.20 bits per heavy atom. The number of aryl methyl sites for hydroxylation is 1. The molecule has 1 saturated heterocycles. The van der Waals surface area contributed by atoms with E-state index in [1.165, 1.54) is 0 Å². The summed E-state index contributed by atoms with van der Waals surface area (Å²) < 4.78 is 5.51. The van der Waals surface area contributed by atoms with Crippen LogP contribution in [0, 0.1) is 18.3 Å². The number of nitrogens with zero attached hydrogens (tertiary/aromatic N) is 4. The molecule has 1 aliphatic heterocycles. The Morgan fingerprint density at radius 3 is 2.66 bits per heavy atom. The number of H-pyrrole nitrogens is 1. The molecule has 0 aliphatic carbocycles. The molecule has 3 heterocycles. The van der Waals surface area contributed by atoms with Gasteiger partial charge in [0.25, 0.3) is 0 Å². The van der Waals surface area contributed by atoms with E-state index in [4.69, 9.17) is 32.8 Å². The Hall–Kier alpha value is -3.80. The van der Waals surface area contributed by atoms with Gasteiger partial charge in [-0.05, 0) is 49.1 Å². The first-order valence-electron chi connectivity index (χ1n) is 11.4. The molecule has 1 fully saturated rings. The molecule has 0 amide bonds. The Kier molecular flexibility index (Phi) is 5.97. The molecular weight excluding hydrogens is 462 g/mol. The number of imidazole rings is 1. The van der Waals surface area contributed by atoms with Gasteiger partial charge in [0, 0.05) is 42.0 Å². The minimum Gasteiger partial charge on any atom is -0.494 e. The normalized spacial score (nSPS) is 14.3. The molecule has 2 aromatic heterocycles. The number of nitriles is 1. The molecular formula is C26H26ClN7O. The molecule has 5 N–H and O–H groups in total. The highest BCUT2D eigenvalue weighted by atomic mass is 35.5. The van der Waals surface area contributed by atoms with E-state index in [1.807, 2.05) is 19.1 Å². The van der Waals surface area contributed by atoms with Gasteiger partial charge in [-0.15, -0.1) is 0 Å². The Balaban J connectivity index is 1.78. The number of rotatable bonds is 4. The van der Waals surface area contributed by atoms with Gasteiger partial charge < -0.3 is 26.1 Å². The zero-order valence-corrected chi connectivity index (χ0v) is 20.4. The van der Waals surface area contributed by atoms with Gasteiger partial charge in [0.2, 0.25) is 0 Å². The molecule has 35 heavy (non-hydrogen) atoms. The second-order valence-electron chi connectivity index (χ2n) is 8.89. The summed E-state index contributed by atoms with van der Waals surface area (Å²) in [6.45, 7) is 3.58. The minimum absolute atomic E-state index is 0.172. The number of aromatic amines is 1. The van der Waals surface area contributed by atoms with E-state index in [1.54, 1.807) is 25.4 Å². The van der Waals surface area contributed by atoms with Crippen molar-refractivity contribution in [1.82, 2.24) is 15.0 Å². The van der Waals surface area contributed by atoms with Crippen LogP contribution in [0.5, 0.6) is 5.75 Å². The molecule has 0 bridgehead atoms. The molecule has 1 aliphatic rings. The first-order valence-corrected chi connectivity index (χ1v) is 11.8. The monoisotopic (exact) mass is 487 g/mol. The predicted octanol–water partition coefficient (Wildman–Crippen LogP) is 4.64. The maximum atomic E-state index is 9.43. The summed E-state index contributed by atoms with van der Waals surface area (Å²) in [4.78, 5) is 15.0. The Bertz CT molecular complexity index is 1440. The van der Waals surface area contributed by atoms with Crippen LogP contribution in [-0.2, 0) is 0 Å². The molecule has 9 heteroatoms. The van der Waals surface area contributed by atoms with E-state index in [0.29, 0.717) is 44.6 Å². The van der Waals surface area contributed by atoms with E-state index >= 15 is 0 Å². The quantitative estimate of drug-likeness (QED) is 0.382. The lowest BCUT2D eigenvalue weighted by Crippen LogP contribution is -2.40. The third-order valence-electron chi connectivity index (χ3n) is 6.43. The van der Waals surface area contributed by atoms with Crippen molar-refractivity contribution in [3.05, 3.63) is 52.7 Å². The number of anilines is 2. The molecule has 0 unspecified atom stereocenters. The van der Waals surface area contributed by atoms with Gasteiger partial charge in [-0.3, -0.25) is 0 Å². The van der Waals surface area contributed by atoms with Crippen LogP contribution >= 0.6 is 11.6 Å². The standard InChI is InChI=1S/C26H26ClN7O/c1-14-7-16(11-17(27)8-14)19-13-31-25(30)22(24(19)34-5-3-18(29)4-6-34)26-32-20-9-15(12-28)10-21(35-2)23(20)33-26/h7-11,13,18H,3-6,29H2,1-2H3,(H2,30,31)(H,32,33). The number of nitrogens with two attached hydrogens (primary N) is 2. The van der Waals surface area contributed by atoms with Crippen molar-refractivity contribution in [1.29, 1.82) is 5.26 Å². The summed E-state index contributed by atoms with van der Waals surface area (Å²) in [5.74, 6) is 1.43. The van der Waals surface area contributed by atoms with E-state index in [2.05, 4.69) is 27.0 Å². The maximum Gasteiger partial charge on any atom is 0.148 e. The number of nitrogen functional groups attached to an aromatic ring is 1. The summed E-state index contributed by atoms with van der Waals surface area (Å²) in [6, 6.07) is 11.7. The molecule has 0 spiro atoms. The summed E-state index contributed by atoms with van der Waals surface area (Å²) in [6.07, 6.45) is 3.54. The van der Waals surface area contributed by atoms with Gasteiger partial charge in [0.15, 0.2) is 0 Å². The van der Waals surface area contributed by atoms with Crippen molar-refractivity contribution >= 4 is 34.1 Å². The minimum atomic E-state index is 0.172. The van der Waals surface area contributed by atoms with Gasteiger partial charge in [-0.2, -0.15) is 5.26 Å². The number of aromatic nitrogens is 3. The average Bonchev–Trinajstić information content (AvgIpc) is 3.26. The average molecular weight is 488 g/mol. The van der Waals surface area contributed by atoms with E-state index in [-0.39, 0.29) is 6.04 Å².